The Morgan fingerprint density at radius 2 is 1.88 bits per heavy atom. The van der Waals surface area contributed by atoms with Crippen LogP contribution in [0.4, 0.5) is 8.78 Å². The molecule has 0 aliphatic rings. The molecule has 0 saturated carbocycles. The van der Waals surface area contributed by atoms with Crippen LogP contribution in [0.3, 0.4) is 0 Å². The quantitative estimate of drug-likeness (QED) is 0.209. The summed E-state index contributed by atoms with van der Waals surface area (Å²) in [6.45, 7) is 12.8. The van der Waals surface area contributed by atoms with Crippen LogP contribution in [0.1, 0.15) is 55.8 Å². The summed E-state index contributed by atoms with van der Waals surface area (Å²) in [5, 5.41) is 0.129. The van der Waals surface area contributed by atoms with E-state index in [2.05, 4.69) is 49.8 Å². The van der Waals surface area contributed by atoms with E-state index < -0.39 is 38.5 Å². The van der Waals surface area contributed by atoms with Crippen molar-refractivity contribution >= 4 is 59.2 Å². The van der Waals surface area contributed by atoms with Crippen molar-refractivity contribution < 1.29 is 37.1 Å². The summed E-state index contributed by atoms with van der Waals surface area (Å²) in [7, 11) is -7.89. The van der Waals surface area contributed by atoms with Gasteiger partial charge >= 0.3 is 13.3 Å². The van der Waals surface area contributed by atoms with E-state index in [1.165, 1.54) is 12.1 Å². The van der Waals surface area contributed by atoms with E-state index in [9.17, 15) is 27.9 Å². The van der Waals surface area contributed by atoms with Crippen molar-refractivity contribution in [2.45, 2.75) is 70.4 Å². The number of rotatable bonds is 10. The van der Waals surface area contributed by atoms with Gasteiger partial charge in [0.15, 0.2) is 8.32 Å². The number of fused-ring (bicyclic) bond motifs is 1. The lowest BCUT2D eigenvalue weighted by Gasteiger charge is -2.37. The summed E-state index contributed by atoms with van der Waals surface area (Å²) in [4.78, 5) is 29.5. The topological polar surface area (TPSA) is 119 Å². The van der Waals surface area contributed by atoms with E-state index in [0.717, 1.165) is 6.42 Å². The SMILES string of the molecule is CCCC(CO[Si](C)(C)C(C)(C)C)Oc1cc(C(N)=O)cc2c(Br)c(C(F)(F)P(=O)(O)O)sc12. The summed E-state index contributed by atoms with van der Waals surface area (Å²) in [6.07, 6.45) is 0.937. The molecule has 1 atom stereocenters. The Bertz CT molecular complexity index is 1110. The van der Waals surface area contributed by atoms with Gasteiger partial charge in [0.05, 0.1) is 11.3 Å². The van der Waals surface area contributed by atoms with E-state index in [1.807, 2.05) is 6.92 Å². The molecule has 1 amide bonds. The minimum Gasteiger partial charge on any atom is -0.487 e. The van der Waals surface area contributed by atoms with E-state index in [0.29, 0.717) is 17.8 Å². The van der Waals surface area contributed by atoms with Gasteiger partial charge in [-0.05, 0) is 52.6 Å². The molecule has 1 aromatic carbocycles. The predicted molar refractivity (Wildman–Crippen MR) is 136 cm³/mol. The number of carbonyl (C=O) groups excluding carboxylic acids is 1. The second kappa shape index (κ2) is 10.2. The maximum absolute atomic E-state index is 14.6. The Morgan fingerprint density at radius 1 is 1.29 bits per heavy atom. The van der Waals surface area contributed by atoms with Crippen LogP contribution in [-0.4, -0.2) is 36.7 Å². The number of halogens is 3. The van der Waals surface area contributed by atoms with Gasteiger partial charge in [-0.1, -0.05) is 34.1 Å². The van der Waals surface area contributed by atoms with Crippen molar-refractivity contribution in [3.05, 3.63) is 27.0 Å². The van der Waals surface area contributed by atoms with Gasteiger partial charge < -0.3 is 24.7 Å². The smallest absolute Gasteiger partial charge is 0.400 e. The third-order valence-electron chi connectivity index (χ3n) is 5.96. The van der Waals surface area contributed by atoms with Crippen LogP contribution >= 0.6 is 34.9 Å². The zero-order valence-electron chi connectivity index (χ0n) is 19.9. The number of amides is 1. The Kier molecular flexibility index (Phi) is 8.84. The molecule has 0 aliphatic heterocycles. The molecule has 192 valence electrons. The second-order valence-corrected chi connectivity index (χ2v) is 17.9. The van der Waals surface area contributed by atoms with E-state index >= 15 is 0 Å². The zero-order chi connectivity index (χ0) is 26.3. The van der Waals surface area contributed by atoms with Crippen molar-refractivity contribution in [3.63, 3.8) is 0 Å². The van der Waals surface area contributed by atoms with Crippen molar-refractivity contribution in [1.29, 1.82) is 0 Å². The monoisotopic (exact) mass is 601 g/mol. The van der Waals surface area contributed by atoms with Crippen molar-refractivity contribution in [2.24, 2.45) is 5.73 Å². The average Bonchev–Trinajstić information content (AvgIpc) is 3.02. The Hall–Kier alpha value is -0.883. The Balaban J connectivity index is 2.58. The fourth-order valence-corrected chi connectivity index (χ4v) is 6.89. The fourth-order valence-electron chi connectivity index (χ4n) is 2.89. The third kappa shape index (κ3) is 6.08. The third-order valence-corrected chi connectivity index (χ3v) is 13.9. The van der Waals surface area contributed by atoms with Gasteiger partial charge in [0, 0.05) is 15.4 Å². The van der Waals surface area contributed by atoms with E-state index in [4.69, 9.17) is 14.9 Å². The molecule has 7 nitrogen and oxygen atoms in total. The van der Waals surface area contributed by atoms with Crippen LogP contribution in [0, 0.1) is 0 Å². The Morgan fingerprint density at radius 3 is 2.35 bits per heavy atom. The highest BCUT2D eigenvalue weighted by Crippen LogP contribution is 2.63. The van der Waals surface area contributed by atoms with Gasteiger partial charge in [-0.15, -0.1) is 11.3 Å². The second-order valence-electron chi connectivity index (χ2n) is 9.65. The van der Waals surface area contributed by atoms with E-state index in [-0.39, 0.29) is 37.5 Å². The summed E-state index contributed by atoms with van der Waals surface area (Å²) >= 11 is 3.53. The van der Waals surface area contributed by atoms with Gasteiger partial charge in [-0.25, -0.2) is 0 Å². The number of carbonyl (C=O) groups is 1. The maximum atomic E-state index is 14.6. The molecular weight excluding hydrogens is 571 g/mol. The number of nitrogens with two attached hydrogens (primary N) is 1. The molecule has 1 heterocycles. The first-order valence-corrected chi connectivity index (χ1v) is 16.8. The van der Waals surface area contributed by atoms with Crippen molar-refractivity contribution in [1.82, 2.24) is 0 Å². The molecule has 0 bridgehead atoms. The number of hydrogen-bond acceptors (Lipinski definition) is 5. The standard InChI is InChI=1S/C21H31BrF2NO6PSSi/c1-7-8-13(11-30-34(5,6)20(2,3)4)31-15-10-12(19(25)26)9-14-16(22)18(33-17(14)15)21(23,24)32(27,28)29/h9-10,13H,7-8,11H2,1-6H3,(H2,25,26)(H2,27,28,29). The molecule has 1 aromatic heterocycles. The molecule has 13 heteroatoms. The normalized spacial score (nSPS) is 14.4. The first-order valence-electron chi connectivity index (χ1n) is 10.6. The molecule has 2 rings (SSSR count). The minimum absolute atomic E-state index is 0.0209. The van der Waals surface area contributed by atoms with Crippen LogP contribution in [0.25, 0.3) is 10.1 Å². The van der Waals surface area contributed by atoms with Gasteiger partial charge in [0.2, 0.25) is 5.91 Å². The number of thiophene rings is 1. The molecular formula is C21H31BrF2NO6PSSi. The summed E-state index contributed by atoms with van der Waals surface area (Å²) in [5.74, 6) is -0.667. The first-order chi connectivity index (χ1) is 15.3. The molecule has 34 heavy (non-hydrogen) atoms. The fraction of sp³-hybridized carbons (Fsp3) is 0.571. The molecule has 0 saturated heterocycles. The lowest BCUT2D eigenvalue weighted by molar-refractivity contribution is 0.0595. The van der Waals surface area contributed by atoms with Crippen LogP contribution in [0.2, 0.25) is 18.1 Å². The van der Waals surface area contributed by atoms with Gasteiger partial charge in [-0.3, -0.25) is 9.36 Å². The summed E-state index contributed by atoms with van der Waals surface area (Å²) in [6, 6.07) is 2.66. The summed E-state index contributed by atoms with van der Waals surface area (Å²) in [5.41, 5.74) is 1.04. The molecule has 2 aromatic rings. The number of primary amides is 1. The van der Waals surface area contributed by atoms with Crippen molar-refractivity contribution in [2.75, 3.05) is 6.61 Å². The largest absolute Gasteiger partial charge is 0.487 e. The lowest BCUT2D eigenvalue weighted by atomic mass is 10.1. The van der Waals surface area contributed by atoms with Crippen LogP contribution in [0.5, 0.6) is 5.75 Å². The average molecular weight is 603 g/mol. The van der Waals surface area contributed by atoms with Gasteiger partial charge in [-0.2, -0.15) is 8.78 Å². The Labute approximate surface area is 211 Å². The zero-order valence-corrected chi connectivity index (χ0v) is 24.2. The summed E-state index contributed by atoms with van der Waals surface area (Å²) < 4.78 is 53.1. The van der Waals surface area contributed by atoms with Gasteiger partial charge in [0.25, 0.3) is 0 Å². The van der Waals surface area contributed by atoms with Gasteiger partial charge in [0.1, 0.15) is 16.7 Å². The highest BCUT2D eigenvalue weighted by Gasteiger charge is 2.53. The molecule has 1 unspecified atom stereocenters. The minimum atomic E-state index is -5.80. The molecule has 0 fully saturated rings. The van der Waals surface area contributed by atoms with Crippen LogP contribution in [0.15, 0.2) is 16.6 Å². The number of alkyl halides is 2. The lowest BCUT2D eigenvalue weighted by Crippen LogP contribution is -2.43. The number of ether oxygens (including phenoxy) is 1. The first kappa shape index (κ1) is 29.3. The molecule has 0 spiro atoms. The predicted octanol–water partition coefficient (Wildman–Crippen LogP) is 6.56. The maximum Gasteiger partial charge on any atom is 0.400 e. The highest BCUT2D eigenvalue weighted by molar-refractivity contribution is 9.10. The van der Waals surface area contributed by atoms with Crippen LogP contribution < -0.4 is 10.5 Å². The van der Waals surface area contributed by atoms with Crippen molar-refractivity contribution in [3.8, 4) is 5.75 Å². The number of benzene rings is 1. The number of hydrogen-bond donors (Lipinski definition) is 3. The molecule has 0 radical (unpaired) electrons. The van der Waals surface area contributed by atoms with E-state index in [1.54, 1.807) is 0 Å². The molecule has 0 aliphatic carbocycles. The highest BCUT2D eigenvalue weighted by atomic mass is 79.9. The van der Waals surface area contributed by atoms with Crippen LogP contribution in [-0.2, 0) is 14.7 Å². The molecule has 4 N–H and O–H groups in total.